The molecule has 6 nitrogen and oxygen atoms in total. The first-order valence-corrected chi connectivity index (χ1v) is 6.96. The number of aromatic nitrogens is 1. The van der Waals surface area contributed by atoms with Gasteiger partial charge in [0.05, 0.1) is 0 Å². The van der Waals surface area contributed by atoms with Gasteiger partial charge in [-0.3, -0.25) is 4.55 Å². The van der Waals surface area contributed by atoms with Gasteiger partial charge in [0.15, 0.2) is 0 Å². The number of nitrogens with zero attached hydrogens (tertiary/aromatic N) is 1. The summed E-state index contributed by atoms with van der Waals surface area (Å²) in [5.74, 6) is 0.351. The molecule has 1 unspecified atom stereocenters. The van der Waals surface area contributed by atoms with Crippen LogP contribution in [-0.2, 0) is 14.9 Å². The van der Waals surface area contributed by atoms with Crippen molar-refractivity contribution in [3.8, 4) is 0 Å². The highest BCUT2D eigenvalue weighted by Crippen LogP contribution is 2.35. The molecule has 7 heteroatoms. The summed E-state index contributed by atoms with van der Waals surface area (Å²) in [7, 11) is -4.18. The summed E-state index contributed by atoms with van der Waals surface area (Å²) < 4.78 is 42.3. The number of hydrogen-bond acceptors (Lipinski definition) is 5. The van der Waals surface area contributed by atoms with Crippen molar-refractivity contribution >= 4 is 10.1 Å². The molecule has 0 spiro atoms. The summed E-state index contributed by atoms with van der Waals surface area (Å²) in [5.41, 5.74) is 0.275. The van der Waals surface area contributed by atoms with Crippen LogP contribution in [0, 0.1) is 12.8 Å². The largest absolute Gasteiger partial charge is 0.381 e. The normalized spacial score (nSPS) is 20.4. The van der Waals surface area contributed by atoms with Crippen molar-refractivity contribution < 1.29 is 22.2 Å². The van der Waals surface area contributed by atoms with Gasteiger partial charge in [-0.2, -0.15) is 8.42 Å². The maximum absolute atomic E-state index is 11.5. The maximum atomic E-state index is 11.5. The predicted molar refractivity (Wildman–Crippen MR) is 59.1 cm³/mol. The van der Waals surface area contributed by atoms with Crippen LogP contribution in [0.3, 0.4) is 0 Å². The molecule has 0 aliphatic carbocycles. The molecule has 1 aliphatic rings. The zero-order valence-electron chi connectivity index (χ0n) is 9.50. The lowest BCUT2D eigenvalue weighted by Crippen LogP contribution is -2.27. The molecule has 0 radical (unpaired) electrons. The molecule has 1 aromatic rings. The molecule has 2 rings (SSSR count). The fraction of sp³-hybridized carbons (Fsp3) is 0.700. The van der Waals surface area contributed by atoms with Gasteiger partial charge in [0, 0.05) is 19.3 Å². The lowest BCUT2D eigenvalue weighted by atomic mass is 9.94. The highest BCUT2D eigenvalue weighted by Gasteiger charge is 2.37. The van der Waals surface area contributed by atoms with Crippen molar-refractivity contribution in [2.24, 2.45) is 5.92 Å². The first kappa shape index (κ1) is 12.5. The van der Waals surface area contributed by atoms with E-state index in [-0.39, 0.29) is 11.6 Å². The smallest absolute Gasteiger partial charge is 0.273 e. The molecule has 1 N–H and O–H groups in total. The van der Waals surface area contributed by atoms with E-state index in [0.717, 1.165) is 0 Å². The topological polar surface area (TPSA) is 89.6 Å². The van der Waals surface area contributed by atoms with Gasteiger partial charge in [0.25, 0.3) is 10.1 Å². The maximum Gasteiger partial charge on any atom is 0.273 e. The van der Waals surface area contributed by atoms with Gasteiger partial charge >= 0.3 is 0 Å². The van der Waals surface area contributed by atoms with Gasteiger partial charge in [-0.05, 0) is 25.7 Å². The van der Waals surface area contributed by atoms with Crippen LogP contribution in [0.1, 0.15) is 29.5 Å². The van der Waals surface area contributed by atoms with Gasteiger partial charge in [-0.25, -0.2) is 0 Å². The van der Waals surface area contributed by atoms with E-state index in [1.807, 2.05) is 0 Å². The summed E-state index contributed by atoms with van der Waals surface area (Å²) in [6, 6.07) is 1.55. The van der Waals surface area contributed by atoms with E-state index in [1.54, 1.807) is 13.0 Å². The summed E-state index contributed by atoms with van der Waals surface area (Å²) in [4.78, 5) is 0. The Balaban J connectivity index is 2.31. The average Bonchev–Trinajstić information content (AvgIpc) is 2.64. The van der Waals surface area contributed by atoms with Crippen LogP contribution in [0.15, 0.2) is 10.6 Å². The zero-order valence-corrected chi connectivity index (χ0v) is 10.3. The number of rotatable bonds is 3. The second-order valence-electron chi connectivity index (χ2n) is 4.25. The monoisotopic (exact) mass is 261 g/mol. The second-order valence-corrected chi connectivity index (χ2v) is 5.79. The molecule has 1 saturated heterocycles. The quantitative estimate of drug-likeness (QED) is 0.826. The number of hydrogen-bond donors (Lipinski definition) is 1. The first-order chi connectivity index (χ1) is 7.98. The Bertz CT molecular complexity index is 475. The highest BCUT2D eigenvalue weighted by molar-refractivity contribution is 7.86. The minimum absolute atomic E-state index is 0.178. The summed E-state index contributed by atoms with van der Waals surface area (Å²) in [6.07, 6.45) is 1.19. The molecule has 1 fully saturated rings. The van der Waals surface area contributed by atoms with E-state index in [2.05, 4.69) is 5.16 Å². The second kappa shape index (κ2) is 4.75. The lowest BCUT2D eigenvalue weighted by molar-refractivity contribution is 0.0636. The van der Waals surface area contributed by atoms with Crippen LogP contribution in [0.5, 0.6) is 0 Å². The molecule has 96 valence electrons. The van der Waals surface area contributed by atoms with Crippen molar-refractivity contribution in [2.75, 3.05) is 13.2 Å². The SMILES string of the molecule is Cc1cc(C(C2CCOCC2)S(=O)(=O)O)no1. The van der Waals surface area contributed by atoms with Crippen LogP contribution in [-0.4, -0.2) is 31.3 Å². The van der Waals surface area contributed by atoms with Crippen molar-refractivity contribution in [3.63, 3.8) is 0 Å². The number of ether oxygens (including phenoxy) is 1. The first-order valence-electron chi connectivity index (χ1n) is 5.46. The molecular formula is C10H15NO5S. The van der Waals surface area contributed by atoms with Crippen LogP contribution >= 0.6 is 0 Å². The summed E-state index contributed by atoms with van der Waals surface area (Å²) in [5, 5.41) is 2.69. The van der Waals surface area contributed by atoms with Crippen molar-refractivity contribution in [1.29, 1.82) is 0 Å². The Morgan fingerprint density at radius 3 is 2.59 bits per heavy atom. The van der Waals surface area contributed by atoms with E-state index < -0.39 is 15.4 Å². The van der Waals surface area contributed by atoms with E-state index in [0.29, 0.717) is 31.8 Å². The highest BCUT2D eigenvalue weighted by atomic mass is 32.2. The molecule has 17 heavy (non-hydrogen) atoms. The Kier molecular flexibility index (Phi) is 3.50. The minimum atomic E-state index is -4.18. The molecule has 0 bridgehead atoms. The molecule has 1 aliphatic heterocycles. The van der Waals surface area contributed by atoms with Crippen LogP contribution in [0.4, 0.5) is 0 Å². The summed E-state index contributed by atoms with van der Waals surface area (Å²) in [6.45, 7) is 2.70. The molecule has 0 saturated carbocycles. The minimum Gasteiger partial charge on any atom is -0.381 e. The third kappa shape index (κ3) is 2.85. The Morgan fingerprint density at radius 1 is 1.47 bits per heavy atom. The van der Waals surface area contributed by atoms with E-state index >= 15 is 0 Å². The third-order valence-electron chi connectivity index (χ3n) is 2.95. The fourth-order valence-electron chi connectivity index (χ4n) is 2.18. The standard InChI is InChI=1S/C10H15NO5S/c1-7-6-9(11-16-7)10(17(12,13)14)8-2-4-15-5-3-8/h6,8,10H,2-5H2,1H3,(H,12,13,14). The molecule has 1 atom stereocenters. The van der Waals surface area contributed by atoms with Crippen molar-refractivity contribution in [2.45, 2.75) is 25.0 Å². The zero-order chi connectivity index (χ0) is 12.5. The molecule has 1 aromatic heterocycles. The van der Waals surface area contributed by atoms with E-state index in [1.165, 1.54) is 0 Å². The average molecular weight is 261 g/mol. The Hall–Kier alpha value is -0.920. The molecule has 0 amide bonds. The van der Waals surface area contributed by atoms with Gasteiger partial charge in [0.1, 0.15) is 16.7 Å². The van der Waals surface area contributed by atoms with Gasteiger partial charge < -0.3 is 9.26 Å². The van der Waals surface area contributed by atoms with Crippen molar-refractivity contribution in [3.05, 3.63) is 17.5 Å². The van der Waals surface area contributed by atoms with Crippen LogP contribution in [0.25, 0.3) is 0 Å². The van der Waals surface area contributed by atoms with Crippen LogP contribution < -0.4 is 0 Å². The van der Waals surface area contributed by atoms with Gasteiger partial charge in [0.2, 0.25) is 0 Å². The van der Waals surface area contributed by atoms with Gasteiger partial charge in [-0.15, -0.1) is 0 Å². The fourth-order valence-corrected chi connectivity index (χ4v) is 3.35. The van der Waals surface area contributed by atoms with Gasteiger partial charge in [-0.1, -0.05) is 5.16 Å². The molecule has 2 heterocycles. The molecule has 0 aromatic carbocycles. The van der Waals surface area contributed by atoms with E-state index in [4.69, 9.17) is 9.26 Å². The predicted octanol–water partition coefficient (Wildman–Crippen LogP) is 1.34. The summed E-state index contributed by atoms with van der Waals surface area (Å²) >= 11 is 0. The van der Waals surface area contributed by atoms with Crippen molar-refractivity contribution in [1.82, 2.24) is 5.16 Å². The Morgan fingerprint density at radius 2 is 2.12 bits per heavy atom. The lowest BCUT2D eigenvalue weighted by Gasteiger charge is -2.26. The molecular weight excluding hydrogens is 246 g/mol. The van der Waals surface area contributed by atoms with Crippen LogP contribution in [0.2, 0.25) is 0 Å². The Labute approximate surface area is 99.7 Å². The third-order valence-corrected chi connectivity index (χ3v) is 4.22. The number of aryl methyl sites for hydroxylation is 1. The van der Waals surface area contributed by atoms with E-state index in [9.17, 15) is 13.0 Å².